The first-order chi connectivity index (χ1) is 14.5. The van der Waals surface area contributed by atoms with Crippen LogP contribution in [0.3, 0.4) is 0 Å². The van der Waals surface area contributed by atoms with E-state index >= 15 is 0 Å². The Morgan fingerprint density at radius 2 is 1.60 bits per heavy atom. The Bertz CT molecular complexity index is 1270. The minimum absolute atomic E-state index is 0.242. The molecule has 2 heterocycles. The van der Waals surface area contributed by atoms with Gasteiger partial charge in [-0.05, 0) is 23.6 Å². The highest BCUT2D eigenvalue weighted by molar-refractivity contribution is 9.08. The lowest BCUT2D eigenvalue weighted by molar-refractivity contribution is 0.677. The number of fused-ring (bicyclic) bond motifs is 1. The molecule has 0 amide bonds. The molecule has 30 heavy (non-hydrogen) atoms. The third-order valence-corrected chi connectivity index (χ3v) is 6.77. The van der Waals surface area contributed by atoms with Gasteiger partial charge in [-0.15, -0.1) is 11.3 Å². The molecule has 156 valence electrons. The minimum Gasteiger partial charge on any atom is -0.280 e. The number of aryl methyl sites for hydroxylation is 1. The molecule has 0 radical (unpaired) electrons. The minimum atomic E-state index is -0.292. The predicted molar refractivity (Wildman–Crippen MR) is 131 cm³/mol. The van der Waals surface area contributed by atoms with E-state index in [1.54, 1.807) is 11.6 Å². The van der Waals surface area contributed by atoms with Crippen molar-refractivity contribution in [2.75, 3.05) is 0 Å². The highest BCUT2D eigenvalue weighted by atomic mass is 79.9. The maximum atomic E-state index is 13.0. The molecular weight excluding hydrogens is 460 g/mol. The van der Waals surface area contributed by atoms with Gasteiger partial charge in [0.1, 0.15) is 4.83 Å². The van der Waals surface area contributed by atoms with Crippen molar-refractivity contribution in [1.82, 2.24) is 9.13 Å². The first kappa shape index (κ1) is 22.2. The van der Waals surface area contributed by atoms with E-state index < -0.39 is 0 Å². The largest absolute Gasteiger partial charge is 0.332 e. The van der Waals surface area contributed by atoms with Crippen LogP contribution in [0, 0.1) is 6.92 Å². The summed E-state index contributed by atoms with van der Waals surface area (Å²) in [6.45, 7) is 6.48. The number of halogens is 1. The quantitative estimate of drug-likeness (QED) is 0.348. The number of hydrogen-bond donors (Lipinski definition) is 0. The molecule has 0 unspecified atom stereocenters. The van der Waals surface area contributed by atoms with Gasteiger partial charge < -0.3 is 0 Å². The van der Waals surface area contributed by atoms with Gasteiger partial charge in [-0.3, -0.25) is 13.9 Å². The number of hydrogen-bond acceptors (Lipinski definition) is 3. The molecule has 0 aliphatic carbocycles. The Labute approximate surface area is 188 Å². The molecule has 4 nitrogen and oxygen atoms in total. The van der Waals surface area contributed by atoms with E-state index in [-0.39, 0.29) is 11.2 Å². The molecule has 6 heteroatoms. The molecular formula is C24H25BrN2O2S. The van der Waals surface area contributed by atoms with Gasteiger partial charge in [0.15, 0.2) is 0 Å². The second-order valence-electron chi connectivity index (χ2n) is 6.81. The van der Waals surface area contributed by atoms with Crippen molar-refractivity contribution in [3.8, 4) is 10.4 Å². The van der Waals surface area contributed by atoms with Crippen LogP contribution in [0.1, 0.15) is 30.5 Å². The van der Waals surface area contributed by atoms with Crippen molar-refractivity contribution >= 4 is 37.5 Å². The van der Waals surface area contributed by atoms with E-state index in [0.29, 0.717) is 17.3 Å². The van der Waals surface area contributed by atoms with Crippen molar-refractivity contribution in [3.05, 3.63) is 92.1 Å². The van der Waals surface area contributed by atoms with E-state index in [2.05, 4.69) is 40.2 Å². The Balaban J connectivity index is 0.00000124. The normalized spacial score (nSPS) is 10.7. The van der Waals surface area contributed by atoms with Crippen LogP contribution >= 0.6 is 27.3 Å². The molecule has 0 saturated carbocycles. The number of alkyl halides is 1. The monoisotopic (exact) mass is 484 g/mol. The summed E-state index contributed by atoms with van der Waals surface area (Å²) < 4.78 is 2.92. The van der Waals surface area contributed by atoms with Gasteiger partial charge in [-0.25, -0.2) is 4.79 Å². The smallest absolute Gasteiger partial charge is 0.280 e. The topological polar surface area (TPSA) is 44.0 Å². The third kappa shape index (κ3) is 4.07. The molecule has 0 aliphatic rings. The summed E-state index contributed by atoms with van der Waals surface area (Å²) in [7, 11) is 1.55. The van der Waals surface area contributed by atoms with Crippen LogP contribution in [0.25, 0.3) is 20.7 Å². The van der Waals surface area contributed by atoms with E-state index in [0.717, 1.165) is 26.4 Å². The number of benzene rings is 2. The van der Waals surface area contributed by atoms with Crippen molar-refractivity contribution in [2.24, 2.45) is 7.05 Å². The zero-order valence-corrected chi connectivity index (χ0v) is 20.0. The molecule has 0 spiro atoms. The van der Waals surface area contributed by atoms with Gasteiger partial charge in [0.2, 0.25) is 0 Å². The Morgan fingerprint density at radius 3 is 2.20 bits per heavy atom. The lowest BCUT2D eigenvalue weighted by Crippen LogP contribution is -2.38. The fourth-order valence-corrected chi connectivity index (χ4v) is 5.41. The third-order valence-electron chi connectivity index (χ3n) is 4.90. The Morgan fingerprint density at radius 1 is 0.967 bits per heavy atom. The second-order valence-corrected chi connectivity index (χ2v) is 8.37. The first-order valence-electron chi connectivity index (χ1n) is 9.93. The van der Waals surface area contributed by atoms with Crippen molar-refractivity contribution in [2.45, 2.75) is 32.6 Å². The van der Waals surface area contributed by atoms with Crippen LogP contribution < -0.4 is 11.2 Å². The second kappa shape index (κ2) is 9.58. The summed E-state index contributed by atoms with van der Waals surface area (Å²) in [5.41, 5.74) is 3.67. The highest BCUT2D eigenvalue weighted by Gasteiger charge is 2.21. The van der Waals surface area contributed by atoms with Crippen molar-refractivity contribution in [1.29, 1.82) is 0 Å². The van der Waals surface area contributed by atoms with Crippen LogP contribution in [-0.4, -0.2) is 9.13 Å². The maximum Gasteiger partial charge on any atom is 0.332 e. The number of thiophene rings is 1. The fourth-order valence-electron chi connectivity index (χ4n) is 3.36. The van der Waals surface area contributed by atoms with Gasteiger partial charge >= 0.3 is 5.69 Å². The molecule has 0 saturated heterocycles. The summed E-state index contributed by atoms with van der Waals surface area (Å²) in [5.74, 6) is 0. The lowest BCUT2D eigenvalue weighted by Gasteiger charge is -2.09. The highest BCUT2D eigenvalue weighted by Crippen LogP contribution is 2.38. The Kier molecular flexibility index (Phi) is 7.10. The van der Waals surface area contributed by atoms with E-state index in [4.69, 9.17) is 0 Å². The molecule has 0 atom stereocenters. The summed E-state index contributed by atoms with van der Waals surface area (Å²) in [6.07, 6.45) is 0. The van der Waals surface area contributed by atoms with Gasteiger partial charge in [0, 0.05) is 17.3 Å². The van der Waals surface area contributed by atoms with Crippen molar-refractivity contribution < 1.29 is 0 Å². The van der Waals surface area contributed by atoms with Gasteiger partial charge in [0.25, 0.3) is 5.56 Å². The predicted octanol–water partition coefficient (Wildman–Crippen LogP) is 5.71. The average molecular weight is 485 g/mol. The maximum absolute atomic E-state index is 13.0. The van der Waals surface area contributed by atoms with Gasteiger partial charge in [-0.2, -0.15) is 0 Å². The van der Waals surface area contributed by atoms with Crippen LogP contribution in [0.15, 0.2) is 64.2 Å². The standard InChI is InChI=1S/C22H19BrN2O2S.C2H6/c1-14-8-10-16(11-9-14)19-17(12-23)18-20(26)24(2)22(27)25(21(18)28-19)13-15-6-4-3-5-7-15;1-2/h3-11H,12-13H2,1-2H3;1-2H3. The van der Waals surface area contributed by atoms with E-state index in [1.807, 2.05) is 51.1 Å². The Hall–Kier alpha value is -2.44. The summed E-state index contributed by atoms with van der Waals surface area (Å²) in [6, 6.07) is 18.1. The van der Waals surface area contributed by atoms with E-state index in [9.17, 15) is 9.59 Å². The lowest BCUT2D eigenvalue weighted by atomic mass is 10.1. The first-order valence-corrected chi connectivity index (χ1v) is 11.9. The van der Waals surface area contributed by atoms with Crippen LogP contribution in [-0.2, 0) is 18.9 Å². The number of nitrogens with zero attached hydrogens (tertiary/aromatic N) is 2. The molecule has 0 bridgehead atoms. The molecule has 2 aromatic heterocycles. The summed E-state index contributed by atoms with van der Waals surface area (Å²) >= 11 is 5.07. The number of rotatable bonds is 4. The molecule has 0 N–H and O–H groups in total. The van der Waals surface area contributed by atoms with Gasteiger partial charge in [-0.1, -0.05) is 89.9 Å². The zero-order valence-electron chi connectivity index (χ0n) is 17.6. The SMILES string of the molecule is CC.Cc1ccc(-c2sc3c(c2CBr)c(=O)n(C)c(=O)n3Cc2ccccc2)cc1. The molecule has 0 fully saturated rings. The summed E-state index contributed by atoms with van der Waals surface area (Å²) in [4.78, 5) is 27.6. The summed E-state index contributed by atoms with van der Waals surface area (Å²) in [5, 5.41) is 1.17. The molecule has 0 aliphatic heterocycles. The van der Waals surface area contributed by atoms with Crippen LogP contribution in [0.4, 0.5) is 0 Å². The van der Waals surface area contributed by atoms with Crippen molar-refractivity contribution in [3.63, 3.8) is 0 Å². The average Bonchev–Trinajstić information content (AvgIpc) is 3.17. The van der Waals surface area contributed by atoms with Gasteiger partial charge in [0.05, 0.1) is 11.9 Å². The number of aromatic nitrogens is 2. The fraction of sp³-hybridized carbons (Fsp3) is 0.250. The molecule has 2 aromatic carbocycles. The molecule has 4 aromatic rings. The zero-order chi connectivity index (χ0) is 21.8. The van der Waals surface area contributed by atoms with Crippen LogP contribution in [0.5, 0.6) is 0 Å². The van der Waals surface area contributed by atoms with Crippen LogP contribution in [0.2, 0.25) is 0 Å². The van der Waals surface area contributed by atoms with E-state index in [1.165, 1.54) is 21.5 Å². The molecule has 4 rings (SSSR count).